The van der Waals surface area contributed by atoms with E-state index in [1.807, 2.05) is 6.08 Å². The van der Waals surface area contributed by atoms with Crippen molar-refractivity contribution in [2.24, 2.45) is 0 Å². The molecule has 0 bridgehead atoms. The third-order valence-corrected chi connectivity index (χ3v) is 16.9. The fourth-order valence-corrected chi connectivity index (χ4v) is 11.7. The Balaban J connectivity index is 2.20. The van der Waals surface area contributed by atoms with Gasteiger partial charge in [-0.2, -0.15) is 8.42 Å². The molecule has 1 saturated heterocycles. The highest BCUT2D eigenvalue weighted by Gasteiger charge is 2.48. The number of hydrogen-bond donors (Lipinski definition) is 6. The van der Waals surface area contributed by atoms with Gasteiger partial charge in [0, 0.05) is 6.42 Å². The molecule has 12 nitrogen and oxygen atoms in total. The van der Waals surface area contributed by atoms with Crippen LogP contribution in [0.2, 0.25) is 0 Å². The van der Waals surface area contributed by atoms with Crippen LogP contribution in [0.1, 0.15) is 341 Å². The molecule has 0 aliphatic carbocycles. The van der Waals surface area contributed by atoms with Gasteiger partial charge in [-0.3, -0.25) is 9.35 Å². The van der Waals surface area contributed by atoms with Gasteiger partial charge in [0.2, 0.25) is 5.91 Å². The predicted octanol–water partition coefficient (Wildman–Crippen LogP) is 17.5. The number of carbonyl (C=O) groups is 1. The van der Waals surface area contributed by atoms with Gasteiger partial charge in [-0.15, -0.1) is 0 Å². The van der Waals surface area contributed by atoms with E-state index in [4.69, 9.17) is 9.47 Å². The number of carbonyl (C=O) groups excluding carboxylic acids is 1. The fraction of sp³-hybridized carbons (Fsp3) is 0.925. The minimum absolute atomic E-state index is 0.256. The summed E-state index contributed by atoms with van der Waals surface area (Å²) in [5.41, 5.74) is 0. The van der Waals surface area contributed by atoms with Crippen LogP contribution in [-0.4, -0.2) is 95.4 Å². The number of unbranched alkanes of at least 4 members (excludes halogenated alkanes) is 47. The molecule has 1 amide bonds. The number of rotatable bonds is 61. The summed E-state index contributed by atoms with van der Waals surface area (Å²) in [6.45, 7) is 3.45. The Kier molecular flexibility index (Phi) is 54.3. The minimum Gasteiger partial charge on any atom is -0.394 e. The Morgan fingerprint density at radius 3 is 1.12 bits per heavy atom. The van der Waals surface area contributed by atoms with Gasteiger partial charge in [-0.05, 0) is 44.9 Å². The summed E-state index contributed by atoms with van der Waals surface area (Å²) in [4.78, 5) is 13.2. The maximum absolute atomic E-state index is 13.2. The summed E-state index contributed by atoms with van der Waals surface area (Å²) in [5, 5.41) is 45.1. The topological polar surface area (TPSA) is 192 Å². The first kappa shape index (κ1) is 76.6. The Hall–Kier alpha value is -1.42. The second-order valence-corrected chi connectivity index (χ2v) is 25.2. The van der Waals surface area contributed by atoms with Gasteiger partial charge in [-0.25, -0.2) is 4.18 Å². The molecule has 0 aromatic rings. The van der Waals surface area contributed by atoms with Gasteiger partial charge in [-0.1, -0.05) is 314 Å². The molecule has 13 heteroatoms. The minimum atomic E-state index is -5.09. The summed E-state index contributed by atoms with van der Waals surface area (Å²) < 4.78 is 48.0. The van der Waals surface area contributed by atoms with Gasteiger partial charge < -0.3 is 35.2 Å². The molecule has 1 heterocycles. The summed E-state index contributed by atoms with van der Waals surface area (Å²) in [5.74, 6) is -0.256. The van der Waals surface area contributed by atoms with Crippen LogP contribution < -0.4 is 5.32 Å². The first-order chi connectivity index (χ1) is 39.0. The predicted molar refractivity (Wildman–Crippen MR) is 333 cm³/mol. The number of allylic oxidation sites excluding steroid dienone is 3. The van der Waals surface area contributed by atoms with Crippen molar-refractivity contribution in [3.63, 3.8) is 0 Å². The molecule has 0 aromatic carbocycles. The standard InChI is InChI=1S/C67H129NO11S/c1-3-5-7-9-11-13-15-17-19-21-23-24-25-26-27-28-29-30-31-32-33-34-35-36-37-38-39-41-43-45-47-49-51-53-55-57-63(71)68-60(59-77-67-65(73)66(79-80(74,75)76)64(72)62(58-69)78-67)61(70)56-54-52-50-48-46-44-42-40-22-20-18-16-14-12-10-8-6-4-2/h28-29,54,56,60-62,64-67,69-70,72-73H,3-27,30-53,55,57-59H2,1-2H3,(H,68,71)(H,74,75,76)/b29-28-,56-54+. The maximum Gasteiger partial charge on any atom is 0.397 e. The average molecular weight is 1160 g/mol. The van der Waals surface area contributed by atoms with Crippen molar-refractivity contribution < 1.29 is 51.8 Å². The molecule has 80 heavy (non-hydrogen) atoms. The summed E-state index contributed by atoms with van der Waals surface area (Å²) >= 11 is 0. The molecule has 7 unspecified atom stereocenters. The highest BCUT2D eigenvalue weighted by Crippen LogP contribution is 2.26. The Morgan fingerprint density at radius 1 is 0.487 bits per heavy atom. The molecule has 0 spiro atoms. The molecular weight excluding hydrogens is 1030 g/mol. The number of aliphatic hydroxyl groups excluding tert-OH is 4. The van der Waals surface area contributed by atoms with Crippen LogP contribution in [0.15, 0.2) is 24.3 Å². The van der Waals surface area contributed by atoms with Crippen LogP contribution in [-0.2, 0) is 28.9 Å². The van der Waals surface area contributed by atoms with Crippen molar-refractivity contribution in [1.82, 2.24) is 5.32 Å². The van der Waals surface area contributed by atoms with Gasteiger partial charge in [0.05, 0.1) is 25.4 Å². The van der Waals surface area contributed by atoms with Crippen molar-refractivity contribution in [2.75, 3.05) is 13.2 Å². The second-order valence-electron chi connectivity index (χ2n) is 24.1. The summed E-state index contributed by atoms with van der Waals surface area (Å²) in [7, 11) is -5.09. The van der Waals surface area contributed by atoms with Crippen LogP contribution in [0.4, 0.5) is 0 Å². The quantitative estimate of drug-likeness (QED) is 0.0193. The van der Waals surface area contributed by atoms with E-state index < -0.39 is 59.9 Å². The smallest absolute Gasteiger partial charge is 0.394 e. The van der Waals surface area contributed by atoms with Crippen molar-refractivity contribution in [3.8, 4) is 0 Å². The van der Waals surface area contributed by atoms with Gasteiger partial charge in [0.25, 0.3) is 0 Å². The zero-order valence-electron chi connectivity index (χ0n) is 51.9. The van der Waals surface area contributed by atoms with E-state index in [1.54, 1.807) is 6.08 Å². The van der Waals surface area contributed by atoms with E-state index >= 15 is 0 Å². The third-order valence-electron chi connectivity index (χ3n) is 16.5. The molecular formula is C67H129NO11S. The highest BCUT2D eigenvalue weighted by molar-refractivity contribution is 7.80. The molecule has 1 fully saturated rings. The van der Waals surface area contributed by atoms with Gasteiger partial charge in [0.15, 0.2) is 6.29 Å². The van der Waals surface area contributed by atoms with Crippen LogP contribution in [0.5, 0.6) is 0 Å². The summed E-state index contributed by atoms with van der Waals surface area (Å²) in [6.07, 6.45) is 64.0. The zero-order valence-corrected chi connectivity index (χ0v) is 52.7. The van der Waals surface area contributed by atoms with E-state index in [9.17, 15) is 38.2 Å². The third kappa shape index (κ3) is 47.9. The van der Waals surface area contributed by atoms with Crippen molar-refractivity contribution >= 4 is 16.3 Å². The average Bonchev–Trinajstić information content (AvgIpc) is 3.43. The van der Waals surface area contributed by atoms with Crippen LogP contribution in [0.3, 0.4) is 0 Å². The van der Waals surface area contributed by atoms with Gasteiger partial charge >= 0.3 is 10.4 Å². The molecule has 6 N–H and O–H groups in total. The lowest BCUT2D eigenvalue weighted by atomic mass is 9.99. The van der Waals surface area contributed by atoms with Crippen molar-refractivity contribution in [3.05, 3.63) is 24.3 Å². The molecule has 1 rings (SSSR count). The first-order valence-corrected chi connectivity index (χ1v) is 35.6. The number of aliphatic hydroxyl groups is 4. The lowest BCUT2D eigenvalue weighted by Crippen LogP contribution is -2.61. The molecule has 0 aromatic heterocycles. The molecule has 1 aliphatic heterocycles. The van der Waals surface area contributed by atoms with E-state index in [2.05, 4.69) is 35.5 Å². The van der Waals surface area contributed by atoms with Crippen LogP contribution in [0.25, 0.3) is 0 Å². The first-order valence-electron chi connectivity index (χ1n) is 34.2. The Labute approximate surface area is 493 Å². The Bertz CT molecular complexity index is 1500. The SMILES string of the molecule is CCCCCCCCCCCCCCCC/C=C\CCCCCCCCCCCCCCCCCCCC(=O)NC(COC1OC(CO)C(O)C(OS(=O)(=O)O)C1O)C(O)/C=C/CCCCCCCCCCCCCCCCCC. The van der Waals surface area contributed by atoms with Crippen LogP contribution >= 0.6 is 0 Å². The van der Waals surface area contributed by atoms with Gasteiger partial charge in [0.1, 0.15) is 24.4 Å². The lowest BCUT2D eigenvalue weighted by Gasteiger charge is -2.41. The second kappa shape index (κ2) is 56.7. The van der Waals surface area contributed by atoms with E-state index in [0.29, 0.717) is 6.42 Å². The van der Waals surface area contributed by atoms with E-state index in [1.165, 1.54) is 276 Å². The number of amides is 1. The van der Waals surface area contributed by atoms with E-state index in [-0.39, 0.29) is 18.9 Å². The fourth-order valence-electron chi connectivity index (χ4n) is 11.2. The molecule has 7 atom stereocenters. The molecule has 474 valence electrons. The molecule has 1 aliphatic rings. The van der Waals surface area contributed by atoms with Crippen molar-refractivity contribution in [2.45, 2.75) is 384 Å². The van der Waals surface area contributed by atoms with E-state index in [0.717, 1.165) is 38.5 Å². The van der Waals surface area contributed by atoms with Crippen molar-refractivity contribution in [1.29, 1.82) is 0 Å². The maximum atomic E-state index is 13.2. The largest absolute Gasteiger partial charge is 0.397 e. The molecule has 0 saturated carbocycles. The monoisotopic (exact) mass is 1160 g/mol. The normalized spacial score (nSPS) is 18.7. The number of ether oxygens (including phenoxy) is 2. The number of nitrogens with one attached hydrogen (secondary N) is 1. The highest BCUT2D eigenvalue weighted by atomic mass is 32.3. The molecule has 0 radical (unpaired) electrons. The Morgan fingerprint density at radius 2 is 0.800 bits per heavy atom. The number of hydrogen-bond acceptors (Lipinski definition) is 10. The summed E-state index contributed by atoms with van der Waals surface area (Å²) in [6, 6.07) is -0.943. The zero-order chi connectivity index (χ0) is 58.3. The van der Waals surface area contributed by atoms with Crippen LogP contribution in [0, 0.1) is 0 Å². The lowest BCUT2D eigenvalue weighted by molar-refractivity contribution is -0.298.